The lowest BCUT2D eigenvalue weighted by Crippen LogP contribution is -2.24. The summed E-state index contributed by atoms with van der Waals surface area (Å²) in [6.45, 7) is 3.39. The van der Waals surface area contributed by atoms with Crippen LogP contribution in [0.25, 0.3) is 0 Å². The van der Waals surface area contributed by atoms with Crippen molar-refractivity contribution in [3.8, 4) is 0 Å². The molecule has 0 aliphatic carbocycles. The molecule has 1 aromatic carbocycles. The number of rotatable bonds is 4. The Balaban J connectivity index is 1.58. The fraction of sp³-hybridized carbons (Fsp3) is 0.294. The van der Waals surface area contributed by atoms with E-state index >= 15 is 0 Å². The second-order valence-corrected chi connectivity index (χ2v) is 5.62. The van der Waals surface area contributed by atoms with Crippen molar-refractivity contribution in [2.24, 2.45) is 5.92 Å². The van der Waals surface area contributed by atoms with E-state index in [-0.39, 0.29) is 23.5 Å². The van der Waals surface area contributed by atoms with Gasteiger partial charge in [-0.05, 0) is 56.3 Å². The minimum Gasteiger partial charge on any atom is -0.456 e. The summed E-state index contributed by atoms with van der Waals surface area (Å²) in [5.41, 5.74) is 1.36. The maximum Gasteiger partial charge on any atom is 0.291 e. The molecule has 1 aromatic heterocycles. The Morgan fingerprint density at radius 1 is 1.09 bits per heavy atom. The van der Waals surface area contributed by atoms with Crippen LogP contribution in [-0.4, -0.2) is 24.9 Å². The molecule has 1 aliphatic heterocycles. The van der Waals surface area contributed by atoms with Crippen molar-refractivity contribution in [2.45, 2.75) is 13.3 Å². The van der Waals surface area contributed by atoms with Gasteiger partial charge < -0.3 is 20.4 Å². The molecule has 6 nitrogen and oxygen atoms in total. The van der Waals surface area contributed by atoms with Gasteiger partial charge in [-0.25, -0.2) is 0 Å². The molecule has 1 fully saturated rings. The minimum absolute atomic E-state index is 0.0246. The minimum atomic E-state index is -0.299. The first-order chi connectivity index (χ1) is 11.1. The monoisotopic (exact) mass is 313 g/mol. The van der Waals surface area contributed by atoms with E-state index in [0.29, 0.717) is 17.1 Å². The van der Waals surface area contributed by atoms with Gasteiger partial charge >= 0.3 is 0 Å². The van der Waals surface area contributed by atoms with Crippen LogP contribution in [0, 0.1) is 12.8 Å². The highest BCUT2D eigenvalue weighted by molar-refractivity contribution is 6.02. The molecule has 1 aliphatic rings. The van der Waals surface area contributed by atoms with Gasteiger partial charge in [0, 0.05) is 17.9 Å². The van der Waals surface area contributed by atoms with Gasteiger partial charge in [0.2, 0.25) is 5.91 Å². The molecular formula is C17H19N3O3. The second kappa shape index (κ2) is 6.66. The average molecular weight is 313 g/mol. The van der Waals surface area contributed by atoms with Crippen LogP contribution in [0.3, 0.4) is 0 Å². The normalized spacial score (nSPS) is 17.0. The summed E-state index contributed by atoms with van der Waals surface area (Å²) in [4.78, 5) is 24.0. The highest BCUT2D eigenvalue weighted by atomic mass is 16.3. The number of nitrogens with one attached hydrogen (secondary N) is 3. The van der Waals surface area contributed by atoms with Crippen LogP contribution in [0.2, 0.25) is 0 Å². The Labute approximate surface area is 134 Å². The summed E-state index contributed by atoms with van der Waals surface area (Å²) in [5.74, 6) is 0.713. The van der Waals surface area contributed by atoms with Crippen molar-refractivity contribution >= 4 is 23.2 Å². The maximum absolute atomic E-state index is 12.0. The second-order valence-electron chi connectivity index (χ2n) is 5.62. The van der Waals surface area contributed by atoms with Crippen LogP contribution in [0.5, 0.6) is 0 Å². The van der Waals surface area contributed by atoms with E-state index in [2.05, 4.69) is 16.0 Å². The number of furan rings is 1. The zero-order chi connectivity index (χ0) is 16.2. The van der Waals surface area contributed by atoms with Crippen LogP contribution >= 0.6 is 0 Å². The van der Waals surface area contributed by atoms with Crippen molar-refractivity contribution in [2.75, 3.05) is 23.7 Å². The molecular weight excluding hydrogens is 294 g/mol. The van der Waals surface area contributed by atoms with Crippen LogP contribution < -0.4 is 16.0 Å². The Bertz CT molecular complexity index is 700. The summed E-state index contributed by atoms with van der Waals surface area (Å²) in [5, 5.41) is 8.81. The molecule has 3 rings (SSSR count). The third-order valence-corrected chi connectivity index (χ3v) is 3.81. The lowest BCUT2D eigenvalue weighted by molar-refractivity contribution is -0.119. The average Bonchev–Trinajstić information content (AvgIpc) is 3.20. The number of hydrogen-bond donors (Lipinski definition) is 3. The Hall–Kier alpha value is -2.60. The SMILES string of the molecule is Cc1ccc(C(=O)Nc2ccc(NC(=O)[C@H]3CCNC3)cc2)o1. The fourth-order valence-corrected chi connectivity index (χ4v) is 2.51. The molecule has 23 heavy (non-hydrogen) atoms. The molecule has 0 unspecified atom stereocenters. The molecule has 120 valence electrons. The van der Waals surface area contributed by atoms with E-state index in [0.717, 1.165) is 19.5 Å². The summed E-state index contributed by atoms with van der Waals surface area (Å²) in [7, 11) is 0. The van der Waals surface area contributed by atoms with Gasteiger partial charge in [0.05, 0.1) is 5.92 Å². The highest BCUT2D eigenvalue weighted by Gasteiger charge is 2.22. The number of amides is 2. The largest absolute Gasteiger partial charge is 0.456 e. The Morgan fingerprint density at radius 2 is 1.78 bits per heavy atom. The maximum atomic E-state index is 12.0. The van der Waals surface area contributed by atoms with Crippen molar-refractivity contribution in [1.29, 1.82) is 0 Å². The third kappa shape index (κ3) is 3.78. The Kier molecular flexibility index (Phi) is 4.43. The molecule has 0 bridgehead atoms. The molecule has 1 saturated heterocycles. The zero-order valence-corrected chi connectivity index (χ0v) is 12.9. The number of benzene rings is 1. The molecule has 0 saturated carbocycles. The Morgan fingerprint density at radius 3 is 2.35 bits per heavy atom. The first-order valence-corrected chi connectivity index (χ1v) is 7.61. The number of aryl methyl sites for hydroxylation is 1. The standard InChI is InChI=1S/C17H19N3O3/c1-11-2-7-15(23-11)17(22)20-14-5-3-13(4-6-14)19-16(21)12-8-9-18-10-12/h2-7,12,18H,8-10H2,1H3,(H,19,21)(H,20,22)/t12-/m0/s1. The number of hydrogen-bond acceptors (Lipinski definition) is 4. The van der Waals surface area contributed by atoms with E-state index in [1.165, 1.54) is 0 Å². The van der Waals surface area contributed by atoms with Crippen LogP contribution in [0.15, 0.2) is 40.8 Å². The van der Waals surface area contributed by atoms with Crippen molar-refractivity contribution in [3.05, 3.63) is 47.9 Å². The smallest absolute Gasteiger partial charge is 0.291 e. The van der Waals surface area contributed by atoms with E-state index in [9.17, 15) is 9.59 Å². The van der Waals surface area contributed by atoms with Gasteiger partial charge in [0.15, 0.2) is 5.76 Å². The van der Waals surface area contributed by atoms with Crippen LogP contribution in [-0.2, 0) is 4.79 Å². The van der Waals surface area contributed by atoms with Crippen LogP contribution in [0.1, 0.15) is 22.7 Å². The summed E-state index contributed by atoms with van der Waals surface area (Å²) < 4.78 is 5.28. The number of anilines is 2. The fourth-order valence-electron chi connectivity index (χ4n) is 2.51. The van der Waals surface area contributed by atoms with Gasteiger partial charge in [-0.15, -0.1) is 0 Å². The molecule has 2 aromatic rings. The predicted octanol–water partition coefficient (Wildman–Crippen LogP) is 2.39. The van der Waals surface area contributed by atoms with Crippen LogP contribution in [0.4, 0.5) is 11.4 Å². The summed E-state index contributed by atoms with van der Waals surface area (Å²) >= 11 is 0. The molecule has 0 spiro atoms. The molecule has 3 N–H and O–H groups in total. The molecule has 6 heteroatoms. The predicted molar refractivity (Wildman–Crippen MR) is 87.4 cm³/mol. The van der Waals surface area contributed by atoms with E-state index in [4.69, 9.17) is 4.42 Å². The first kappa shape index (κ1) is 15.3. The third-order valence-electron chi connectivity index (χ3n) is 3.81. The molecule has 2 heterocycles. The number of carbonyl (C=O) groups is 2. The molecule has 1 atom stereocenters. The highest BCUT2D eigenvalue weighted by Crippen LogP contribution is 2.17. The summed E-state index contributed by atoms with van der Waals surface area (Å²) in [6.07, 6.45) is 0.864. The first-order valence-electron chi connectivity index (χ1n) is 7.61. The van der Waals surface area contributed by atoms with Crippen molar-refractivity contribution in [3.63, 3.8) is 0 Å². The lowest BCUT2D eigenvalue weighted by Gasteiger charge is -2.10. The number of carbonyl (C=O) groups excluding carboxylic acids is 2. The quantitative estimate of drug-likeness (QED) is 0.809. The van der Waals surface area contributed by atoms with Gasteiger partial charge in [-0.3, -0.25) is 9.59 Å². The van der Waals surface area contributed by atoms with Crippen molar-refractivity contribution < 1.29 is 14.0 Å². The topological polar surface area (TPSA) is 83.4 Å². The van der Waals surface area contributed by atoms with Gasteiger partial charge in [0.1, 0.15) is 5.76 Å². The lowest BCUT2D eigenvalue weighted by atomic mass is 10.1. The molecule has 0 radical (unpaired) electrons. The van der Waals surface area contributed by atoms with Gasteiger partial charge in [-0.1, -0.05) is 0 Å². The van der Waals surface area contributed by atoms with E-state index in [1.807, 2.05) is 0 Å². The summed E-state index contributed by atoms with van der Waals surface area (Å²) in [6, 6.07) is 10.4. The molecule has 2 amide bonds. The van der Waals surface area contributed by atoms with Gasteiger partial charge in [-0.2, -0.15) is 0 Å². The van der Waals surface area contributed by atoms with Gasteiger partial charge in [0.25, 0.3) is 5.91 Å². The van der Waals surface area contributed by atoms with E-state index in [1.54, 1.807) is 43.3 Å². The van der Waals surface area contributed by atoms with Crippen molar-refractivity contribution in [1.82, 2.24) is 5.32 Å². The zero-order valence-electron chi connectivity index (χ0n) is 12.9. The van der Waals surface area contributed by atoms with E-state index < -0.39 is 0 Å².